The molecular formula is C22H29N3O3. The third-order valence-electron chi connectivity index (χ3n) is 4.58. The lowest BCUT2D eigenvalue weighted by molar-refractivity contribution is -0.115. The van der Waals surface area contributed by atoms with Crippen molar-refractivity contribution in [3.8, 4) is 0 Å². The Labute approximate surface area is 166 Å². The number of benzene rings is 2. The summed E-state index contributed by atoms with van der Waals surface area (Å²) < 4.78 is 4.72. The first-order valence-corrected chi connectivity index (χ1v) is 9.56. The van der Waals surface area contributed by atoms with Crippen LogP contribution in [0, 0.1) is 6.92 Å². The van der Waals surface area contributed by atoms with Gasteiger partial charge in [-0.2, -0.15) is 0 Å². The standard InChI is InChI=1S/C22H29N3O3/c1-5-25(6-2)19-10-11-20(16(3)14-19)24-21(26)12-13-23-18-9-7-8-17(15-18)22(27)28-4/h7-11,14-15,23H,5-6,12-13H2,1-4H3,(H,24,26). The van der Waals surface area contributed by atoms with Gasteiger partial charge in [-0.15, -0.1) is 0 Å². The van der Waals surface area contributed by atoms with Crippen LogP contribution >= 0.6 is 0 Å². The number of nitrogens with zero attached hydrogens (tertiary/aromatic N) is 1. The van der Waals surface area contributed by atoms with E-state index in [1.807, 2.05) is 25.1 Å². The predicted octanol–water partition coefficient (Wildman–Crippen LogP) is 4.07. The number of carbonyl (C=O) groups is 2. The number of hydrogen-bond acceptors (Lipinski definition) is 5. The Morgan fingerprint density at radius 1 is 1.07 bits per heavy atom. The molecule has 0 spiro atoms. The van der Waals surface area contributed by atoms with E-state index in [1.165, 1.54) is 7.11 Å². The van der Waals surface area contributed by atoms with Crippen molar-refractivity contribution in [1.82, 2.24) is 0 Å². The van der Waals surface area contributed by atoms with Gasteiger partial charge in [0.25, 0.3) is 0 Å². The second-order valence-corrected chi connectivity index (χ2v) is 6.47. The molecule has 0 fully saturated rings. The van der Waals surface area contributed by atoms with E-state index in [9.17, 15) is 9.59 Å². The van der Waals surface area contributed by atoms with Gasteiger partial charge in [0.15, 0.2) is 0 Å². The lowest BCUT2D eigenvalue weighted by atomic mass is 10.1. The highest BCUT2D eigenvalue weighted by molar-refractivity contribution is 5.92. The third-order valence-corrected chi connectivity index (χ3v) is 4.58. The van der Waals surface area contributed by atoms with Crippen molar-refractivity contribution in [2.45, 2.75) is 27.2 Å². The highest BCUT2D eigenvalue weighted by Crippen LogP contribution is 2.22. The Kier molecular flexibility index (Phi) is 7.87. The molecule has 0 aromatic heterocycles. The minimum atomic E-state index is -0.384. The van der Waals surface area contributed by atoms with Crippen LogP contribution in [0.1, 0.15) is 36.2 Å². The molecule has 0 saturated heterocycles. The summed E-state index contributed by atoms with van der Waals surface area (Å²) in [4.78, 5) is 26.1. The van der Waals surface area contributed by atoms with Crippen molar-refractivity contribution in [2.24, 2.45) is 0 Å². The molecule has 2 N–H and O–H groups in total. The summed E-state index contributed by atoms with van der Waals surface area (Å²) in [6.07, 6.45) is 0.319. The van der Waals surface area contributed by atoms with Gasteiger partial charge in [0.05, 0.1) is 12.7 Å². The maximum atomic E-state index is 12.3. The summed E-state index contributed by atoms with van der Waals surface area (Å²) in [5.41, 5.74) is 4.27. The zero-order valence-corrected chi connectivity index (χ0v) is 17.0. The van der Waals surface area contributed by atoms with Crippen LogP contribution in [0.4, 0.5) is 17.1 Å². The van der Waals surface area contributed by atoms with Crippen molar-refractivity contribution in [2.75, 3.05) is 42.3 Å². The maximum Gasteiger partial charge on any atom is 0.337 e. The molecule has 0 aliphatic rings. The Hall–Kier alpha value is -3.02. The zero-order chi connectivity index (χ0) is 20.5. The van der Waals surface area contributed by atoms with E-state index in [2.05, 4.69) is 35.4 Å². The quantitative estimate of drug-likeness (QED) is 0.639. The molecule has 2 aromatic rings. The average molecular weight is 383 g/mol. The predicted molar refractivity (Wildman–Crippen MR) is 114 cm³/mol. The molecule has 150 valence electrons. The molecule has 0 radical (unpaired) electrons. The maximum absolute atomic E-state index is 12.3. The number of carbonyl (C=O) groups excluding carboxylic acids is 2. The third kappa shape index (κ3) is 5.74. The average Bonchev–Trinajstić information content (AvgIpc) is 2.70. The first-order chi connectivity index (χ1) is 13.5. The van der Waals surface area contributed by atoms with E-state index in [0.29, 0.717) is 18.5 Å². The normalized spacial score (nSPS) is 10.3. The van der Waals surface area contributed by atoms with Gasteiger partial charge in [0.1, 0.15) is 0 Å². The van der Waals surface area contributed by atoms with E-state index in [4.69, 9.17) is 4.74 Å². The molecule has 0 heterocycles. The highest BCUT2D eigenvalue weighted by atomic mass is 16.5. The molecule has 1 amide bonds. The van der Waals surface area contributed by atoms with Crippen molar-refractivity contribution in [1.29, 1.82) is 0 Å². The minimum Gasteiger partial charge on any atom is -0.465 e. The number of aryl methyl sites for hydroxylation is 1. The van der Waals surface area contributed by atoms with Gasteiger partial charge >= 0.3 is 5.97 Å². The van der Waals surface area contributed by atoms with Crippen LogP contribution in [-0.4, -0.2) is 38.6 Å². The van der Waals surface area contributed by atoms with Crippen LogP contribution in [0.5, 0.6) is 0 Å². The molecule has 0 aliphatic heterocycles. The molecule has 0 unspecified atom stereocenters. The topological polar surface area (TPSA) is 70.7 Å². The van der Waals surface area contributed by atoms with Gasteiger partial charge < -0.3 is 20.3 Å². The summed E-state index contributed by atoms with van der Waals surface area (Å²) in [5.74, 6) is -0.444. The molecule has 0 atom stereocenters. The van der Waals surface area contributed by atoms with Gasteiger partial charge in [0, 0.05) is 43.1 Å². The van der Waals surface area contributed by atoms with Gasteiger partial charge in [-0.05, 0) is 62.7 Å². The molecule has 6 nitrogen and oxygen atoms in total. The van der Waals surface area contributed by atoms with E-state index >= 15 is 0 Å². The summed E-state index contributed by atoms with van der Waals surface area (Å²) in [6.45, 7) is 8.62. The van der Waals surface area contributed by atoms with Crippen molar-refractivity contribution < 1.29 is 14.3 Å². The molecule has 2 aromatic carbocycles. The van der Waals surface area contributed by atoms with Crippen LogP contribution in [0.2, 0.25) is 0 Å². The van der Waals surface area contributed by atoms with Crippen LogP contribution in [-0.2, 0) is 9.53 Å². The van der Waals surface area contributed by atoms with E-state index in [1.54, 1.807) is 18.2 Å². The molecule has 28 heavy (non-hydrogen) atoms. The van der Waals surface area contributed by atoms with Crippen LogP contribution in [0.15, 0.2) is 42.5 Å². The molecule has 0 saturated carbocycles. The van der Waals surface area contributed by atoms with Gasteiger partial charge in [0.2, 0.25) is 5.91 Å². The number of rotatable bonds is 9. The number of ether oxygens (including phenoxy) is 1. The van der Waals surface area contributed by atoms with Crippen LogP contribution in [0.25, 0.3) is 0 Å². The second-order valence-electron chi connectivity index (χ2n) is 6.47. The van der Waals surface area contributed by atoms with E-state index in [-0.39, 0.29) is 11.9 Å². The number of esters is 1. The largest absolute Gasteiger partial charge is 0.465 e. The lowest BCUT2D eigenvalue weighted by Crippen LogP contribution is -2.22. The summed E-state index contributed by atoms with van der Waals surface area (Å²) in [6, 6.07) is 13.1. The second kappa shape index (κ2) is 10.3. The monoisotopic (exact) mass is 383 g/mol. The van der Waals surface area contributed by atoms with Gasteiger partial charge in [-0.3, -0.25) is 4.79 Å². The van der Waals surface area contributed by atoms with Crippen LogP contribution in [0.3, 0.4) is 0 Å². The smallest absolute Gasteiger partial charge is 0.337 e. The van der Waals surface area contributed by atoms with Gasteiger partial charge in [-0.1, -0.05) is 6.07 Å². The Morgan fingerprint density at radius 2 is 1.82 bits per heavy atom. The number of methoxy groups -OCH3 is 1. The number of amides is 1. The molecule has 6 heteroatoms. The Morgan fingerprint density at radius 3 is 2.46 bits per heavy atom. The number of nitrogens with one attached hydrogen (secondary N) is 2. The van der Waals surface area contributed by atoms with Crippen molar-refractivity contribution in [3.63, 3.8) is 0 Å². The van der Waals surface area contributed by atoms with E-state index < -0.39 is 0 Å². The summed E-state index contributed by atoms with van der Waals surface area (Å²) in [5, 5.41) is 6.13. The molecule has 2 rings (SSSR count). The van der Waals surface area contributed by atoms with Crippen molar-refractivity contribution >= 4 is 28.9 Å². The van der Waals surface area contributed by atoms with Crippen molar-refractivity contribution in [3.05, 3.63) is 53.6 Å². The van der Waals surface area contributed by atoms with Crippen LogP contribution < -0.4 is 15.5 Å². The minimum absolute atomic E-state index is 0.0599. The summed E-state index contributed by atoms with van der Waals surface area (Å²) >= 11 is 0. The fourth-order valence-electron chi connectivity index (χ4n) is 2.98. The first-order valence-electron chi connectivity index (χ1n) is 9.56. The molecule has 0 bridgehead atoms. The number of hydrogen-bond donors (Lipinski definition) is 2. The fourth-order valence-corrected chi connectivity index (χ4v) is 2.98. The molecule has 0 aliphatic carbocycles. The lowest BCUT2D eigenvalue weighted by Gasteiger charge is -2.22. The SMILES string of the molecule is CCN(CC)c1ccc(NC(=O)CCNc2cccc(C(=O)OC)c2)c(C)c1. The van der Waals surface area contributed by atoms with E-state index in [0.717, 1.165) is 35.7 Å². The number of anilines is 3. The fraction of sp³-hybridized carbons (Fsp3) is 0.364. The highest BCUT2D eigenvalue weighted by Gasteiger charge is 2.09. The van der Waals surface area contributed by atoms with Gasteiger partial charge in [-0.25, -0.2) is 4.79 Å². The Balaban J connectivity index is 1.88. The first kappa shape index (κ1) is 21.3. The summed E-state index contributed by atoms with van der Waals surface area (Å²) in [7, 11) is 1.35. The Bertz CT molecular complexity index is 816. The zero-order valence-electron chi connectivity index (χ0n) is 17.0. The molecular weight excluding hydrogens is 354 g/mol.